The summed E-state index contributed by atoms with van der Waals surface area (Å²) in [6, 6.07) is 11.0. The molecule has 1 unspecified atom stereocenters. The van der Waals surface area contributed by atoms with Crippen LogP contribution in [-0.2, 0) is 0 Å². The van der Waals surface area contributed by atoms with Gasteiger partial charge in [-0.2, -0.15) is 0 Å². The first-order valence-electron chi connectivity index (χ1n) is 7.62. The summed E-state index contributed by atoms with van der Waals surface area (Å²) in [6.07, 6.45) is 8.86. The second-order valence-corrected chi connectivity index (χ2v) is 6.24. The number of aromatic amines is 1. The van der Waals surface area contributed by atoms with Gasteiger partial charge < -0.3 is 9.55 Å². The van der Waals surface area contributed by atoms with Gasteiger partial charge in [-0.3, -0.25) is 0 Å². The van der Waals surface area contributed by atoms with Crippen LogP contribution < -0.4 is 0 Å². The molecular formula is C17H22N2S. The number of H-pyrrole nitrogens is 1. The summed E-state index contributed by atoms with van der Waals surface area (Å²) in [6.45, 7) is 2.33. The first-order valence-corrected chi connectivity index (χ1v) is 8.03. The topological polar surface area (TPSA) is 20.7 Å². The molecule has 1 heterocycles. The van der Waals surface area contributed by atoms with Gasteiger partial charge in [-0.15, -0.1) is 0 Å². The Hall–Kier alpha value is -1.35. The van der Waals surface area contributed by atoms with Crippen molar-refractivity contribution in [3.8, 4) is 11.3 Å². The zero-order valence-electron chi connectivity index (χ0n) is 12.0. The molecule has 0 radical (unpaired) electrons. The van der Waals surface area contributed by atoms with Crippen molar-refractivity contribution < 1.29 is 0 Å². The van der Waals surface area contributed by atoms with Crippen molar-refractivity contribution in [3.05, 3.63) is 41.3 Å². The van der Waals surface area contributed by atoms with Crippen LogP contribution in [0.3, 0.4) is 0 Å². The van der Waals surface area contributed by atoms with Gasteiger partial charge in [0.2, 0.25) is 0 Å². The number of nitrogens with zero attached hydrogens (tertiary/aromatic N) is 1. The van der Waals surface area contributed by atoms with Gasteiger partial charge in [0, 0.05) is 12.2 Å². The third-order valence-corrected chi connectivity index (χ3v) is 4.93. The molecular weight excluding hydrogens is 264 g/mol. The normalized spacial score (nSPS) is 18.1. The lowest BCUT2D eigenvalue weighted by atomic mass is 9.84. The molecule has 3 rings (SSSR count). The molecule has 2 nitrogen and oxygen atoms in total. The maximum absolute atomic E-state index is 5.53. The molecule has 0 spiro atoms. The highest BCUT2D eigenvalue weighted by atomic mass is 32.1. The molecule has 20 heavy (non-hydrogen) atoms. The van der Waals surface area contributed by atoms with Gasteiger partial charge >= 0.3 is 0 Å². The van der Waals surface area contributed by atoms with E-state index in [2.05, 4.69) is 53.0 Å². The number of imidazole rings is 1. The zero-order valence-corrected chi connectivity index (χ0v) is 12.8. The maximum Gasteiger partial charge on any atom is 0.177 e. The minimum atomic E-state index is 0.476. The van der Waals surface area contributed by atoms with E-state index in [1.165, 1.54) is 43.4 Å². The van der Waals surface area contributed by atoms with Crippen molar-refractivity contribution in [2.45, 2.75) is 45.1 Å². The van der Waals surface area contributed by atoms with E-state index in [1.54, 1.807) is 0 Å². The maximum atomic E-state index is 5.53. The summed E-state index contributed by atoms with van der Waals surface area (Å²) >= 11 is 5.53. The summed E-state index contributed by atoms with van der Waals surface area (Å²) in [5.74, 6) is 0.758. The van der Waals surface area contributed by atoms with Crippen molar-refractivity contribution in [1.29, 1.82) is 0 Å². The van der Waals surface area contributed by atoms with Crippen LogP contribution >= 0.6 is 12.2 Å². The molecule has 1 fully saturated rings. The second kappa shape index (κ2) is 5.96. The molecule has 1 aromatic carbocycles. The molecule has 2 aromatic rings. The van der Waals surface area contributed by atoms with E-state index in [-0.39, 0.29) is 0 Å². The Kier molecular flexibility index (Phi) is 4.06. The molecule has 0 aliphatic heterocycles. The van der Waals surface area contributed by atoms with Crippen molar-refractivity contribution in [2.24, 2.45) is 5.92 Å². The third kappa shape index (κ3) is 2.59. The molecule has 1 N–H and O–H groups in total. The van der Waals surface area contributed by atoms with Gasteiger partial charge in [0.1, 0.15) is 0 Å². The quantitative estimate of drug-likeness (QED) is 0.754. The van der Waals surface area contributed by atoms with Crippen LogP contribution in [-0.4, -0.2) is 9.55 Å². The fraction of sp³-hybridized carbons (Fsp3) is 0.471. The summed E-state index contributed by atoms with van der Waals surface area (Å²) in [5, 5.41) is 0. The van der Waals surface area contributed by atoms with Gasteiger partial charge in [0.25, 0.3) is 0 Å². The number of aromatic nitrogens is 2. The minimum absolute atomic E-state index is 0.476. The lowest BCUT2D eigenvalue weighted by Crippen LogP contribution is -2.20. The fourth-order valence-electron chi connectivity index (χ4n) is 3.44. The molecule has 106 valence electrons. The van der Waals surface area contributed by atoms with Crippen molar-refractivity contribution in [1.82, 2.24) is 9.55 Å². The van der Waals surface area contributed by atoms with E-state index < -0.39 is 0 Å². The molecule has 0 amide bonds. The molecule has 1 aromatic heterocycles. The number of benzene rings is 1. The number of hydrogen-bond acceptors (Lipinski definition) is 1. The summed E-state index contributed by atoms with van der Waals surface area (Å²) in [4.78, 5) is 3.23. The Bertz CT molecular complexity index is 605. The van der Waals surface area contributed by atoms with Crippen LogP contribution in [0.15, 0.2) is 36.5 Å². The van der Waals surface area contributed by atoms with Crippen molar-refractivity contribution >= 4 is 12.2 Å². The lowest BCUT2D eigenvalue weighted by Gasteiger charge is -2.29. The highest BCUT2D eigenvalue weighted by Gasteiger charge is 2.23. The number of nitrogens with one attached hydrogen (secondary N) is 1. The Morgan fingerprint density at radius 2 is 1.85 bits per heavy atom. The first kappa shape index (κ1) is 13.6. The molecule has 3 heteroatoms. The van der Waals surface area contributed by atoms with Crippen LogP contribution in [0.25, 0.3) is 11.3 Å². The predicted molar refractivity (Wildman–Crippen MR) is 86.3 cm³/mol. The zero-order chi connectivity index (χ0) is 13.9. The van der Waals surface area contributed by atoms with Crippen LogP contribution in [0.4, 0.5) is 0 Å². The number of hydrogen-bond donors (Lipinski definition) is 1. The smallest absolute Gasteiger partial charge is 0.177 e. The van der Waals surface area contributed by atoms with E-state index in [4.69, 9.17) is 12.2 Å². The molecule has 1 aliphatic rings. The average molecular weight is 286 g/mol. The van der Waals surface area contributed by atoms with Crippen LogP contribution in [0.5, 0.6) is 0 Å². The van der Waals surface area contributed by atoms with E-state index in [0.29, 0.717) is 6.04 Å². The average Bonchev–Trinajstić information content (AvgIpc) is 2.90. The predicted octanol–water partition coefficient (Wildman–Crippen LogP) is 5.35. The fourth-order valence-corrected chi connectivity index (χ4v) is 3.77. The molecule has 1 aliphatic carbocycles. The van der Waals surface area contributed by atoms with Gasteiger partial charge in [0.15, 0.2) is 4.77 Å². The van der Waals surface area contributed by atoms with Crippen LogP contribution in [0.2, 0.25) is 0 Å². The third-order valence-electron chi connectivity index (χ3n) is 4.62. The molecule has 1 saturated carbocycles. The number of rotatable bonds is 3. The largest absolute Gasteiger partial charge is 0.337 e. The summed E-state index contributed by atoms with van der Waals surface area (Å²) < 4.78 is 3.17. The Labute approximate surface area is 125 Å². The van der Waals surface area contributed by atoms with Gasteiger partial charge in [-0.05, 0) is 43.5 Å². The minimum Gasteiger partial charge on any atom is -0.337 e. The van der Waals surface area contributed by atoms with Gasteiger partial charge in [0.05, 0.1) is 5.69 Å². The molecule has 0 saturated heterocycles. The summed E-state index contributed by atoms with van der Waals surface area (Å²) in [7, 11) is 0. The van der Waals surface area contributed by atoms with Crippen LogP contribution in [0, 0.1) is 10.7 Å². The first-order chi connectivity index (χ1) is 9.77. The van der Waals surface area contributed by atoms with Crippen molar-refractivity contribution in [3.63, 3.8) is 0 Å². The lowest BCUT2D eigenvalue weighted by molar-refractivity contribution is 0.264. The Morgan fingerprint density at radius 1 is 1.15 bits per heavy atom. The van der Waals surface area contributed by atoms with E-state index >= 15 is 0 Å². The SMILES string of the molecule is CC(C1CCCCC1)n1c(-c2ccccc2)c[nH]c1=S. The van der Waals surface area contributed by atoms with Crippen molar-refractivity contribution in [2.75, 3.05) is 0 Å². The summed E-state index contributed by atoms with van der Waals surface area (Å²) in [5.41, 5.74) is 2.45. The molecule has 1 atom stereocenters. The molecule has 0 bridgehead atoms. The van der Waals surface area contributed by atoms with E-state index in [1.807, 2.05) is 0 Å². The second-order valence-electron chi connectivity index (χ2n) is 5.85. The van der Waals surface area contributed by atoms with E-state index in [0.717, 1.165) is 10.7 Å². The van der Waals surface area contributed by atoms with E-state index in [9.17, 15) is 0 Å². The highest BCUT2D eigenvalue weighted by Crippen LogP contribution is 2.35. The van der Waals surface area contributed by atoms with Gasteiger partial charge in [-0.25, -0.2) is 0 Å². The van der Waals surface area contributed by atoms with Gasteiger partial charge in [-0.1, -0.05) is 49.6 Å². The standard InChI is InChI=1S/C17H22N2S/c1-13(14-8-4-2-5-9-14)19-16(12-18-17(19)20)15-10-6-3-7-11-15/h3,6-7,10-14H,2,4-5,8-9H2,1H3,(H,18,20). The monoisotopic (exact) mass is 286 g/mol. The Morgan fingerprint density at radius 3 is 2.55 bits per heavy atom. The highest BCUT2D eigenvalue weighted by molar-refractivity contribution is 7.71. The Balaban J connectivity index is 1.96. The van der Waals surface area contributed by atoms with Crippen LogP contribution in [0.1, 0.15) is 45.1 Å².